The molecule has 0 aliphatic heterocycles. The molecule has 0 atom stereocenters. The van der Waals surface area contributed by atoms with Crippen molar-refractivity contribution in [3.05, 3.63) is 27.9 Å². The molecule has 0 radical (unpaired) electrons. The van der Waals surface area contributed by atoms with Crippen LogP contribution in [-0.2, 0) is 0 Å². The fourth-order valence-corrected chi connectivity index (χ4v) is 1.56. The summed E-state index contributed by atoms with van der Waals surface area (Å²) >= 11 is 0. The maximum Gasteiger partial charge on any atom is 0.303 e. The first-order chi connectivity index (χ1) is 7.10. The molecule has 0 bridgehead atoms. The lowest BCUT2D eigenvalue weighted by molar-refractivity contribution is -0.388. The second-order valence-electron chi connectivity index (χ2n) is 2.46. The Morgan fingerprint density at radius 3 is 2.87 bits per heavy atom. The summed E-state index contributed by atoms with van der Waals surface area (Å²) in [5, 5.41) is 13.0. The minimum absolute atomic E-state index is 0.0642. The van der Waals surface area contributed by atoms with E-state index in [1.807, 2.05) is 0 Å². The molecular weight excluding hydrogens is 242 g/mol. The van der Waals surface area contributed by atoms with Crippen molar-refractivity contribution in [2.24, 2.45) is 0 Å². The molecule has 0 spiro atoms. The van der Waals surface area contributed by atoms with E-state index in [1.165, 1.54) is 13.2 Å². The molecule has 80 valence electrons. The van der Waals surface area contributed by atoms with E-state index in [-0.39, 0.29) is 16.3 Å². The predicted octanol–water partition coefficient (Wildman–Crippen LogP) is 1.60. The molecular formula is C7H6ClN3O3S. The molecule has 0 aliphatic rings. The minimum Gasteiger partial charge on any atom is -0.355 e. The average molecular weight is 248 g/mol. The molecule has 0 unspecified atom stereocenters. The van der Waals surface area contributed by atoms with E-state index >= 15 is 0 Å². The van der Waals surface area contributed by atoms with Crippen LogP contribution < -0.4 is 5.32 Å². The van der Waals surface area contributed by atoms with Gasteiger partial charge in [-0.1, -0.05) is 0 Å². The number of hydrogen-bond acceptors (Lipinski definition) is 5. The number of carbonyl (C=O) groups is 1. The van der Waals surface area contributed by atoms with E-state index in [0.717, 1.165) is 6.07 Å². The van der Waals surface area contributed by atoms with Crippen molar-refractivity contribution in [2.45, 2.75) is 5.03 Å². The van der Waals surface area contributed by atoms with Crippen LogP contribution in [0.3, 0.4) is 0 Å². The van der Waals surface area contributed by atoms with Crippen molar-refractivity contribution in [1.29, 1.82) is 0 Å². The van der Waals surface area contributed by atoms with E-state index in [2.05, 4.69) is 10.3 Å². The van der Waals surface area contributed by atoms with E-state index < -0.39 is 10.8 Å². The third kappa shape index (κ3) is 2.57. The van der Waals surface area contributed by atoms with Gasteiger partial charge in [0.05, 0.1) is 10.5 Å². The van der Waals surface area contributed by atoms with Gasteiger partial charge in [0.15, 0.2) is 5.03 Å². The first-order valence-electron chi connectivity index (χ1n) is 3.75. The number of nitro groups is 1. The fourth-order valence-electron chi connectivity index (χ4n) is 0.899. The quantitative estimate of drug-likeness (QED) is 0.648. The predicted molar refractivity (Wildman–Crippen MR) is 56.0 cm³/mol. The van der Waals surface area contributed by atoms with Gasteiger partial charge < -0.3 is 5.32 Å². The highest BCUT2D eigenvalue weighted by atomic mass is 35.7. The summed E-state index contributed by atoms with van der Waals surface area (Å²) < 4.78 is 0. The molecule has 15 heavy (non-hydrogen) atoms. The summed E-state index contributed by atoms with van der Waals surface area (Å²) in [6.07, 6.45) is 1.23. The molecule has 0 aliphatic carbocycles. The maximum atomic E-state index is 11.2. The molecule has 8 heteroatoms. The number of nitrogens with zero attached hydrogens (tertiary/aromatic N) is 2. The van der Waals surface area contributed by atoms with Gasteiger partial charge in [0, 0.05) is 30.3 Å². The first-order valence-corrected chi connectivity index (χ1v) is 5.39. The average Bonchev–Trinajstić information content (AvgIpc) is 2.27. The number of amides is 1. The van der Waals surface area contributed by atoms with Gasteiger partial charge in [-0.25, -0.2) is 4.98 Å². The third-order valence-corrected chi connectivity index (χ3v) is 2.49. The fraction of sp³-hybridized carbons (Fsp3) is 0.143. The van der Waals surface area contributed by atoms with Crippen LogP contribution in [-0.4, -0.2) is 22.9 Å². The van der Waals surface area contributed by atoms with Crippen molar-refractivity contribution in [2.75, 3.05) is 7.05 Å². The molecule has 0 aromatic carbocycles. The number of hydrogen-bond donors (Lipinski definition) is 1. The summed E-state index contributed by atoms with van der Waals surface area (Å²) in [7, 11) is 7.46. The molecule has 0 saturated carbocycles. The lowest BCUT2D eigenvalue weighted by atomic mass is 10.2. The lowest BCUT2D eigenvalue weighted by Crippen LogP contribution is -2.18. The Kier molecular flexibility index (Phi) is 3.87. The summed E-state index contributed by atoms with van der Waals surface area (Å²) in [5.74, 6) is -0.434. The second-order valence-corrected chi connectivity index (χ2v) is 3.47. The first kappa shape index (κ1) is 11.7. The SMILES string of the molecule is CNC(=O)c1cnc(SCl)c([N+](=O)[O-])c1. The van der Waals surface area contributed by atoms with Crippen molar-refractivity contribution in [3.63, 3.8) is 0 Å². The second kappa shape index (κ2) is 4.94. The highest BCUT2D eigenvalue weighted by molar-refractivity contribution is 8.21. The van der Waals surface area contributed by atoms with Gasteiger partial charge in [-0.3, -0.25) is 14.9 Å². The number of carbonyl (C=O) groups excluding carboxylic acids is 1. The van der Waals surface area contributed by atoms with E-state index in [9.17, 15) is 14.9 Å². The van der Waals surface area contributed by atoms with Crippen LogP contribution in [0.1, 0.15) is 10.4 Å². The molecule has 1 heterocycles. The minimum atomic E-state index is -0.635. The van der Waals surface area contributed by atoms with Crippen LogP contribution in [0, 0.1) is 10.1 Å². The van der Waals surface area contributed by atoms with Gasteiger partial charge in [-0.2, -0.15) is 0 Å². The zero-order valence-electron chi connectivity index (χ0n) is 7.56. The van der Waals surface area contributed by atoms with E-state index in [0.29, 0.717) is 11.0 Å². The van der Waals surface area contributed by atoms with Crippen molar-refractivity contribution >= 4 is 33.3 Å². The van der Waals surface area contributed by atoms with Crippen molar-refractivity contribution in [1.82, 2.24) is 10.3 Å². The number of pyridine rings is 1. The van der Waals surface area contributed by atoms with Crippen LogP contribution in [0.2, 0.25) is 0 Å². The Hall–Kier alpha value is -1.34. The molecule has 0 fully saturated rings. The molecule has 6 nitrogen and oxygen atoms in total. The Balaban J connectivity index is 3.22. The Bertz CT molecular complexity index is 412. The zero-order valence-corrected chi connectivity index (χ0v) is 9.13. The Labute approximate surface area is 93.7 Å². The maximum absolute atomic E-state index is 11.2. The number of rotatable bonds is 3. The van der Waals surface area contributed by atoms with Crippen LogP contribution in [0.5, 0.6) is 0 Å². The van der Waals surface area contributed by atoms with E-state index in [1.54, 1.807) is 0 Å². The molecule has 1 aromatic heterocycles. The standard InChI is InChI=1S/C7H6ClN3O3S/c1-9-6(12)4-2-5(11(13)14)7(15-8)10-3-4/h2-3H,1H3,(H,9,12). The van der Waals surface area contributed by atoms with Crippen LogP contribution >= 0.6 is 21.7 Å². The van der Waals surface area contributed by atoms with Gasteiger partial charge in [-0.05, 0) is 10.7 Å². The lowest BCUT2D eigenvalue weighted by Gasteiger charge is -2.01. The van der Waals surface area contributed by atoms with Gasteiger partial charge in [0.1, 0.15) is 0 Å². The smallest absolute Gasteiger partial charge is 0.303 e. The largest absolute Gasteiger partial charge is 0.355 e. The number of nitrogens with one attached hydrogen (secondary N) is 1. The Morgan fingerprint density at radius 2 is 2.40 bits per heavy atom. The van der Waals surface area contributed by atoms with Gasteiger partial charge >= 0.3 is 5.69 Å². The molecule has 1 rings (SSSR count). The Morgan fingerprint density at radius 1 is 1.73 bits per heavy atom. The summed E-state index contributed by atoms with van der Waals surface area (Å²) in [6, 6.07) is 1.14. The summed E-state index contributed by atoms with van der Waals surface area (Å²) in [4.78, 5) is 24.9. The zero-order chi connectivity index (χ0) is 11.4. The highest BCUT2D eigenvalue weighted by Crippen LogP contribution is 2.29. The normalized spacial score (nSPS) is 9.73. The van der Waals surface area contributed by atoms with Crippen molar-refractivity contribution in [3.8, 4) is 0 Å². The molecule has 1 N–H and O–H groups in total. The van der Waals surface area contributed by atoms with Crippen LogP contribution in [0.4, 0.5) is 5.69 Å². The summed E-state index contributed by atoms with van der Waals surface area (Å²) in [5.41, 5.74) is -0.158. The number of halogens is 1. The van der Waals surface area contributed by atoms with Crippen LogP contribution in [0.15, 0.2) is 17.3 Å². The monoisotopic (exact) mass is 247 g/mol. The van der Waals surface area contributed by atoms with Gasteiger partial charge in [-0.15, -0.1) is 0 Å². The summed E-state index contributed by atoms with van der Waals surface area (Å²) in [6.45, 7) is 0. The topological polar surface area (TPSA) is 85.1 Å². The van der Waals surface area contributed by atoms with Gasteiger partial charge in [0.25, 0.3) is 5.91 Å². The van der Waals surface area contributed by atoms with Gasteiger partial charge in [0.2, 0.25) is 0 Å². The molecule has 1 amide bonds. The van der Waals surface area contributed by atoms with Crippen LogP contribution in [0.25, 0.3) is 0 Å². The number of aromatic nitrogens is 1. The van der Waals surface area contributed by atoms with Crippen molar-refractivity contribution < 1.29 is 9.72 Å². The highest BCUT2D eigenvalue weighted by Gasteiger charge is 2.18. The van der Waals surface area contributed by atoms with E-state index in [4.69, 9.17) is 10.7 Å². The third-order valence-electron chi connectivity index (χ3n) is 1.59. The molecule has 1 aromatic rings. The molecule has 0 saturated heterocycles.